The Morgan fingerprint density at radius 1 is 1.33 bits per heavy atom. The molecule has 0 radical (unpaired) electrons. The Morgan fingerprint density at radius 3 is 2.86 bits per heavy atom. The molecule has 2 N–H and O–H groups in total. The van der Waals surface area contributed by atoms with Crippen LogP contribution in [0.3, 0.4) is 0 Å². The first-order chi connectivity index (χ1) is 17.1. The molecule has 0 unspecified atom stereocenters. The van der Waals surface area contributed by atoms with Crippen LogP contribution in [0.4, 0.5) is 18.0 Å². The van der Waals surface area contributed by atoms with Gasteiger partial charge < -0.3 is 25.0 Å². The van der Waals surface area contributed by atoms with Crippen molar-refractivity contribution in [2.45, 2.75) is 50.9 Å². The van der Waals surface area contributed by atoms with Crippen LogP contribution in [0, 0.1) is 23.2 Å². The third-order valence-electron chi connectivity index (χ3n) is 8.74. The summed E-state index contributed by atoms with van der Waals surface area (Å²) in [6.07, 6.45) is 0.0809. The molecule has 198 valence electrons. The summed E-state index contributed by atoms with van der Waals surface area (Å²) in [5.41, 5.74) is 5.05. The van der Waals surface area contributed by atoms with E-state index in [1.54, 1.807) is 16.9 Å². The van der Waals surface area contributed by atoms with Crippen LogP contribution in [-0.2, 0) is 33.4 Å². The zero-order valence-electron chi connectivity index (χ0n) is 20.4. The van der Waals surface area contributed by atoms with Crippen molar-refractivity contribution < 1.29 is 32.2 Å². The number of hydrogen-bond acceptors (Lipinski definition) is 5. The highest BCUT2D eigenvalue weighted by Crippen LogP contribution is 2.54. The number of amides is 3. The van der Waals surface area contributed by atoms with E-state index in [4.69, 9.17) is 15.2 Å². The largest absolute Gasteiger partial charge is 0.417 e. The molecule has 11 heteroatoms. The Kier molecular flexibility index (Phi) is 6.65. The van der Waals surface area contributed by atoms with Crippen molar-refractivity contribution in [3.8, 4) is 0 Å². The van der Waals surface area contributed by atoms with E-state index in [9.17, 15) is 22.8 Å². The number of ether oxygens (including phenoxy) is 2. The van der Waals surface area contributed by atoms with Gasteiger partial charge in [0.25, 0.3) is 0 Å². The zero-order valence-corrected chi connectivity index (χ0v) is 20.4. The maximum Gasteiger partial charge on any atom is 0.417 e. The number of nitrogens with two attached hydrogens (primary N) is 1. The van der Waals surface area contributed by atoms with Gasteiger partial charge in [0.2, 0.25) is 5.91 Å². The predicted molar refractivity (Wildman–Crippen MR) is 123 cm³/mol. The fourth-order valence-corrected chi connectivity index (χ4v) is 6.97. The monoisotopic (exact) mass is 510 g/mol. The number of pyridine rings is 1. The standard InChI is InChI=1S/C25H33F3N4O4/c1-35-21-13-36-5-3-16(21)6-15-7-19-12-32(23(29)34)14-24(19,9-15)22(33)31-4-2-20-17(11-31)8-18(10-30-20)25(26,27)28/h8,10,15-16,19,21H,2-7,9,11-14H2,1H3,(H2,29,34)/t15-,16-,19+,21-,24+/m1/s1. The quantitative estimate of drug-likeness (QED) is 0.672. The summed E-state index contributed by atoms with van der Waals surface area (Å²) >= 11 is 0. The minimum Gasteiger partial charge on any atom is -0.379 e. The molecule has 0 aromatic carbocycles. The molecular weight excluding hydrogens is 477 g/mol. The van der Waals surface area contributed by atoms with E-state index in [0.29, 0.717) is 62.2 Å². The molecule has 1 aromatic rings. The van der Waals surface area contributed by atoms with E-state index in [2.05, 4.69) is 4.98 Å². The summed E-state index contributed by atoms with van der Waals surface area (Å²) in [5, 5.41) is 0. The number of halogens is 3. The van der Waals surface area contributed by atoms with Crippen molar-refractivity contribution in [2.24, 2.45) is 28.9 Å². The molecule has 5 atom stereocenters. The van der Waals surface area contributed by atoms with Gasteiger partial charge in [-0.25, -0.2) is 4.79 Å². The normalized spacial score (nSPS) is 32.3. The van der Waals surface area contributed by atoms with Crippen LogP contribution < -0.4 is 5.73 Å². The SMILES string of the molecule is CO[C@@H]1COCC[C@@H]1C[C@@H]1C[C@H]2CN(C(N)=O)C[C@@]2(C(=O)N2CCc3ncc(C(F)(F)F)cc3C2)C1. The zero-order chi connectivity index (χ0) is 25.7. The number of hydrogen-bond donors (Lipinski definition) is 1. The van der Waals surface area contributed by atoms with Crippen molar-refractivity contribution in [3.63, 3.8) is 0 Å². The maximum absolute atomic E-state index is 14.1. The van der Waals surface area contributed by atoms with Gasteiger partial charge in [-0.05, 0) is 55.1 Å². The van der Waals surface area contributed by atoms with Crippen LogP contribution in [0.5, 0.6) is 0 Å². The smallest absolute Gasteiger partial charge is 0.379 e. The van der Waals surface area contributed by atoms with Crippen LogP contribution in [0.15, 0.2) is 12.3 Å². The number of carbonyl (C=O) groups excluding carboxylic acids is 2. The fraction of sp³-hybridized carbons (Fsp3) is 0.720. The van der Waals surface area contributed by atoms with E-state index in [1.165, 1.54) is 0 Å². The average Bonchev–Trinajstić information content (AvgIpc) is 3.38. The lowest BCUT2D eigenvalue weighted by atomic mass is 9.78. The van der Waals surface area contributed by atoms with Gasteiger partial charge in [0.1, 0.15) is 0 Å². The van der Waals surface area contributed by atoms with E-state index >= 15 is 0 Å². The van der Waals surface area contributed by atoms with Crippen molar-refractivity contribution in [1.82, 2.24) is 14.8 Å². The van der Waals surface area contributed by atoms with E-state index < -0.39 is 23.2 Å². The Bertz CT molecular complexity index is 1020. The molecule has 3 fully saturated rings. The summed E-state index contributed by atoms with van der Waals surface area (Å²) in [6.45, 7) is 2.44. The number of methoxy groups -OCH3 is 1. The highest BCUT2D eigenvalue weighted by molar-refractivity contribution is 5.86. The summed E-state index contributed by atoms with van der Waals surface area (Å²) < 4.78 is 51.0. The molecule has 1 aromatic heterocycles. The van der Waals surface area contributed by atoms with Gasteiger partial charge in [-0.3, -0.25) is 9.78 Å². The second kappa shape index (κ2) is 9.48. The van der Waals surface area contributed by atoms with Gasteiger partial charge in [0, 0.05) is 58.2 Å². The summed E-state index contributed by atoms with van der Waals surface area (Å²) in [6, 6.07) is 0.564. The number of carbonyl (C=O) groups is 2. The van der Waals surface area contributed by atoms with Crippen molar-refractivity contribution in [2.75, 3.05) is 40.0 Å². The second-order valence-electron chi connectivity index (χ2n) is 10.8. The lowest BCUT2D eigenvalue weighted by Gasteiger charge is -2.37. The first-order valence-corrected chi connectivity index (χ1v) is 12.6. The molecule has 3 amide bonds. The summed E-state index contributed by atoms with van der Waals surface area (Å²) in [5.74, 6) is 0.535. The molecule has 2 saturated heterocycles. The Balaban J connectivity index is 1.36. The molecule has 5 rings (SSSR count). The molecule has 3 aliphatic heterocycles. The van der Waals surface area contributed by atoms with E-state index in [1.807, 2.05) is 0 Å². The first-order valence-electron chi connectivity index (χ1n) is 12.6. The minimum atomic E-state index is -4.49. The number of aromatic nitrogens is 1. The molecule has 4 heterocycles. The molecule has 36 heavy (non-hydrogen) atoms. The van der Waals surface area contributed by atoms with Gasteiger partial charge >= 0.3 is 12.2 Å². The molecule has 4 aliphatic rings. The maximum atomic E-state index is 14.1. The van der Waals surface area contributed by atoms with Crippen molar-refractivity contribution in [3.05, 3.63) is 29.1 Å². The third-order valence-corrected chi connectivity index (χ3v) is 8.74. The number of rotatable bonds is 4. The van der Waals surface area contributed by atoms with Crippen molar-refractivity contribution >= 4 is 11.9 Å². The number of nitrogens with zero attached hydrogens (tertiary/aromatic N) is 3. The number of fused-ring (bicyclic) bond motifs is 2. The Labute approximate surface area is 208 Å². The van der Waals surface area contributed by atoms with Gasteiger partial charge in [0.15, 0.2) is 0 Å². The Hall–Kier alpha value is -2.40. The number of likely N-dealkylation sites (tertiary alicyclic amines) is 1. The number of alkyl halides is 3. The number of urea groups is 1. The summed E-state index contributed by atoms with van der Waals surface area (Å²) in [7, 11) is 1.69. The van der Waals surface area contributed by atoms with Gasteiger partial charge in [0.05, 0.1) is 23.7 Å². The first kappa shape index (κ1) is 25.3. The second-order valence-corrected chi connectivity index (χ2v) is 10.8. The Morgan fingerprint density at radius 2 is 2.14 bits per heavy atom. The van der Waals surface area contributed by atoms with Crippen LogP contribution in [0.1, 0.15) is 42.5 Å². The topological polar surface area (TPSA) is 98.0 Å². The molecule has 8 nitrogen and oxygen atoms in total. The highest BCUT2D eigenvalue weighted by Gasteiger charge is 2.59. The van der Waals surface area contributed by atoms with E-state index in [0.717, 1.165) is 31.5 Å². The van der Waals surface area contributed by atoms with Gasteiger partial charge in [-0.2, -0.15) is 13.2 Å². The minimum absolute atomic E-state index is 0.0237. The van der Waals surface area contributed by atoms with Gasteiger partial charge in [-0.1, -0.05) is 0 Å². The van der Waals surface area contributed by atoms with Crippen LogP contribution >= 0.6 is 0 Å². The molecule has 1 saturated carbocycles. The average molecular weight is 511 g/mol. The van der Waals surface area contributed by atoms with Crippen LogP contribution in [-0.4, -0.2) is 72.8 Å². The molecule has 1 aliphatic carbocycles. The molecular formula is C25H33F3N4O4. The highest BCUT2D eigenvalue weighted by atomic mass is 19.4. The van der Waals surface area contributed by atoms with E-state index in [-0.39, 0.29) is 31.0 Å². The lowest BCUT2D eigenvalue weighted by molar-refractivity contribution is -0.144. The summed E-state index contributed by atoms with van der Waals surface area (Å²) in [4.78, 5) is 33.3. The van der Waals surface area contributed by atoms with Crippen molar-refractivity contribution in [1.29, 1.82) is 0 Å². The fourth-order valence-electron chi connectivity index (χ4n) is 6.97. The third kappa shape index (κ3) is 4.55. The predicted octanol–water partition coefficient (Wildman–Crippen LogP) is 2.83. The van der Waals surface area contributed by atoms with Crippen LogP contribution in [0.25, 0.3) is 0 Å². The molecule has 0 spiro atoms. The molecule has 0 bridgehead atoms. The van der Waals surface area contributed by atoms with Crippen LogP contribution in [0.2, 0.25) is 0 Å². The lowest BCUT2D eigenvalue weighted by Crippen LogP contribution is -2.49. The van der Waals surface area contributed by atoms with Gasteiger partial charge in [-0.15, -0.1) is 0 Å². The number of primary amides is 1.